The number of aliphatic hydroxyl groups is 1. The summed E-state index contributed by atoms with van der Waals surface area (Å²) in [7, 11) is 0. The van der Waals surface area contributed by atoms with Crippen LogP contribution in [0.4, 0.5) is 0 Å². The van der Waals surface area contributed by atoms with Gasteiger partial charge >= 0.3 is 0 Å². The molecular weight excluding hydrogens is 182 g/mol. The van der Waals surface area contributed by atoms with Gasteiger partial charge in [-0.3, -0.25) is 0 Å². The third kappa shape index (κ3) is 2.72. The van der Waals surface area contributed by atoms with E-state index in [0.717, 1.165) is 5.56 Å². The Morgan fingerprint density at radius 3 is 2.23 bits per heavy atom. The first-order valence-electron chi connectivity index (χ1n) is 4.22. The molecule has 0 amide bonds. The van der Waals surface area contributed by atoms with Crippen LogP contribution in [0.2, 0.25) is 0 Å². The Hall–Kier alpha value is -0.510. The monoisotopic (exact) mass is 197 g/mol. The highest BCUT2D eigenvalue weighted by Crippen LogP contribution is 2.20. The Morgan fingerprint density at radius 1 is 1.31 bits per heavy atom. The molecule has 0 spiro atoms. The third-order valence-corrected chi connectivity index (χ3v) is 2.70. The normalized spacial score (nSPS) is 15.4. The zero-order valence-electron chi connectivity index (χ0n) is 7.90. The van der Waals surface area contributed by atoms with Crippen LogP contribution in [-0.2, 0) is 0 Å². The van der Waals surface area contributed by atoms with Crippen molar-refractivity contribution in [1.82, 2.24) is 0 Å². The Bertz CT molecular complexity index is 258. The summed E-state index contributed by atoms with van der Waals surface area (Å²) >= 11 is 1.68. The first kappa shape index (κ1) is 10.6. The van der Waals surface area contributed by atoms with Crippen LogP contribution in [-0.4, -0.2) is 17.4 Å². The number of thioether (sulfide) groups is 1. The molecule has 0 heterocycles. The van der Waals surface area contributed by atoms with E-state index < -0.39 is 6.10 Å². The molecule has 0 saturated heterocycles. The highest BCUT2D eigenvalue weighted by atomic mass is 32.2. The van der Waals surface area contributed by atoms with Crippen LogP contribution in [0.15, 0.2) is 29.2 Å². The van der Waals surface area contributed by atoms with Gasteiger partial charge in [0, 0.05) is 10.9 Å². The van der Waals surface area contributed by atoms with Gasteiger partial charge in [-0.05, 0) is 30.9 Å². The van der Waals surface area contributed by atoms with Crippen LogP contribution < -0.4 is 5.73 Å². The van der Waals surface area contributed by atoms with Crippen molar-refractivity contribution in [3.8, 4) is 0 Å². The van der Waals surface area contributed by atoms with Crippen molar-refractivity contribution < 1.29 is 5.11 Å². The molecule has 0 unspecified atom stereocenters. The minimum atomic E-state index is -0.559. The fraction of sp³-hybridized carbons (Fsp3) is 0.400. The maximum absolute atomic E-state index is 9.63. The number of nitrogens with two attached hydrogens (primary N) is 1. The standard InChI is InChI=1S/C10H15NOS/c1-7(11)10(12)8-3-5-9(13-2)6-4-8/h3-7,10,12H,11H2,1-2H3/t7-,10-/m0/s1. The SMILES string of the molecule is CSc1ccc([C@@H](O)[C@H](C)N)cc1. The van der Waals surface area contributed by atoms with Crippen molar-refractivity contribution in [3.05, 3.63) is 29.8 Å². The van der Waals surface area contributed by atoms with Gasteiger partial charge in [0.25, 0.3) is 0 Å². The van der Waals surface area contributed by atoms with Gasteiger partial charge in [-0.1, -0.05) is 12.1 Å². The molecule has 0 aromatic heterocycles. The Labute approximate surface area is 83.1 Å². The largest absolute Gasteiger partial charge is 0.387 e. The second kappa shape index (κ2) is 4.65. The number of aliphatic hydroxyl groups excluding tert-OH is 1. The van der Waals surface area contributed by atoms with Crippen molar-refractivity contribution in [2.75, 3.05) is 6.26 Å². The number of benzene rings is 1. The van der Waals surface area contributed by atoms with E-state index in [0.29, 0.717) is 0 Å². The van der Waals surface area contributed by atoms with E-state index in [-0.39, 0.29) is 6.04 Å². The van der Waals surface area contributed by atoms with Gasteiger partial charge in [-0.2, -0.15) is 0 Å². The quantitative estimate of drug-likeness (QED) is 0.726. The summed E-state index contributed by atoms with van der Waals surface area (Å²) < 4.78 is 0. The molecule has 0 aliphatic carbocycles. The highest BCUT2D eigenvalue weighted by molar-refractivity contribution is 7.98. The predicted molar refractivity (Wildman–Crippen MR) is 56.8 cm³/mol. The van der Waals surface area contributed by atoms with Gasteiger partial charge in [0.1, 0.15) is 0 Å². The molecule has 72 valence electrons. The molecule has 0 aliphatic heterocycles. The second-order valence-electron chi connectivity index (χ2n) is 3.08. The van der Waals surface area contributed by atoms with Crippen molar-refractivity contribution >= 4 is 11.8 Å². The Morgan fingerprint density at radius 2 is 1.85 bits per heavy atom. The summed E-state index contributed by atoms with van der Waals surface area (Å²) in [6.45, 7) is 1.80. The Kier molecular flexibility index (Phi) is 3.78. The molecule has 2 nitrogen and oxygen atoms in total. The van der Waals surface area contributed by atoms with Crippen LogP contribution in [0, 0.1) is 0 Å². The van der Waals surface area contributed by atoms with Crippen LogP contribution in [0.3, 0.4) is 0 Å². The predicted octanol–water partition coefficient (Wildman–Crippen LogP) is 1.79. The second-order valence-corrected chi connectivity index (χ2v) is 3.96. The lowest BCUT2D eigenvalue weighted by Gasteiger charge is -2.14. The average Bonchev–Trinajstić information content (AvgIpc) is 2.17. The highest BCUT2D eigenvalue weighted by Gasteiger charge is 2.11. The topological polar surface area (TPSA) is 46.2 Å². The maximum Gasteiger partial charge on any atom is 0.0938 e. The zero-order valence-corrected chi connectivity index (χ0v) is 8.71. The molecule has 1 aromatic rings. The van der Waals surface area contributed by atoms with E-state index in [2.05, 4.69) is 0 Å². The zero-order chi connectivity index (χ0) is 9.84. The summed E-state index contributed by atoms with van der Waals surface area (Å²) in [5.41, 5.74) is 6.47. The molecule has 2 atom stereocenters. The molecule has 1 aromatic carbocycles. The van der Waals surface area contributed by atoms with Gasteiger partial charge in [0.05, 0.1) is 6.10 Å². The van der Waals surface area contributed by atoms with Gasteiger partial charge in [-0.25, -0.2) is 0 Å². The molecular formula is C10H15NOS. The van der Waals surface area contributed by atoms with E-state index in [1.54, 1.807) is 18.7 Å². The lowest BCUT2D eigenvalue weighted by atomic mass is 10.0. The van der Waals surface area contributed by atoms with Crippen molar-refractivity contribution in [3.63, 3.8) is 0 Å². The molecule has 0 radical (unpaired) electrons. The van der Waals surface area contributed by atoms with E-state index in [1.165, 1.54) is 4.90 Å². The summed E-state index contributed by atoms with van der Waals surface area (Å²) in [5, 5.41) is 9.63. The summed E-state index contributed by atoms with van der Waals surface area (Å²) in [6.07, 6.45) is 1.47. The van der Waals surface area contributed by atoms with E-state index >= 15 is 0 Å². The summed E-state index contributed by atoms with van der Waals surface area (Å²) in [5.74, 6) is 0. The number of hydrogen-bond donors (Lipinski definition) is 2. The van der Waals surface area contributed by atoms with E-state index in [9.17, 15) is 5.11 Å². The fourth-order valence-corrected chi connectivity index (χ4v) is 1.51. The fourth-order valence-electron chi connectivity index (χ4n) is 1.10. The number of rotatable bonds is 3. The molecule has 13 heavy (non-hydrogen) atoms. The average molecular weight is 197 g/mol. The van der Waals surface area contributed by atoms with Crippen molar-refractivity contribution in [2.45, 2.75) is 24.0 Å². The van der Waals surface area contributed by atoms with E-state index in [1.807, 2.05) is 30.5 Å². The first-order chi connectivity index (χ1) is 6.15. The third-order valence-electron chi connectivity index (χ3n) is 1.96. The lowest BCUT2D eigenvalue weighted by molar-refractivity contribution is 0.153. The molecule has 0 aliphatic rings. The van der Waals surface area contributed by atoms with Gasteiger partial charge in [-0.15, -0.1) is 11.8 Å². The molecule has 0 saturated carbocycles. The molecule has 0 fully saturated rings. The molecule has 3 heteroatoms. The van der Waals surface area contributed by atoms with Gasteiger partial charge < -0.3 is 10.8 Å². The number of hydrogen-bond acceptors (Lipinski definition) is 3. The van der Waals surface area contributed by atoms with Gasteiger partial charge in [0.2, 0.25) is 0 Å². The van der Waals surface area contributed by atoms with Crippen LogP contribution >= 0.6 is 11.8 Å². The summed E-state index contributed by atoms with van der Waals surface area (Å²) in [6, 6.07) is 7.59. The first-order valence-corrected chi connectivity index (χ1v) is 5.45. The smallest absolute Gasteiger partial charge is 0.0938 e. The van der Waals surface area contributed by atoms with Crippen LogP contribution in [0.5, 0.6) is 0 Å². The minimum Gasteiger partial charge on any atom is -0.387 e. The van der Waals surface area contributed by atoms with Crippen LogP contribution in [0.25, 0.3) is 0 Å². The molecule has 0 bridgehead atoms. The van der Waals surface area contributed by atoms with E-state index in [4.69, 9.17) is 5.73 Å². The molecule has 3 N–H and O–H groups in total. The van der Waals surface area contributed by atoms with Crippen LogP contribution in [0.1, 0.15) is 18.6 Å². The van der Waals surface area contributed by atoms with Crippen molar-refractivity contribution in [2.24, 2.45) is 5.73 Å². The lowest BCUT2D eigenvalue weighted by Crippen LogP contribution is -2.24. The molecule has 1 rings (SSSR count). The minimum absolute atomic E-state index is 0.222. The van der Waals surface area contributed by atoms with Gasteiger partial charge in [0.15, 0.2) is 0 Å². The maximum atomic E-state index is 9.63. The Balaban J connectivity index is 2.79. The summed E-state index contributed by atoms with van der Waals surface area (Å²) in [4.78, 5) is 1.20. The van der Waals surface area contributed by atoms with Crippen molar-refractivity contribution in [1.29, 1.82) is 0 Å².